The van der Waals surface area contributed by atoms with Crippen molar-refractivity contribution in [2.75, 3.05) is 19.8 Å². The minimum absolute atomic E-state index is 0.154. The second-order valence-electron chi connectivity index (χ2n) is 4.37. The molecule has 5 heteroatoms. The molecule has 0 aliphatic rings. The van der Waals surface area contributed by atoms with Gasteiger partial charge in [-0.25, -0.2) is 4.98 Å². The van der Waals surface area contributed by atoms with Gasteiger partial charge in [-0.15, -0.1) is 6.58 Å². The first kappa shape index (κ1) is 16.7. The van der Waals surface area contributed by atoms with Crippen LogP contribution in [-0.2, 0) is 11.2 Å². The summed E-state index contributed by atoms with van der Waals surface area (Å²) in [5, 5.41) is 3.15. The number of rotatable bonds is 9. The predicted octanol–water partition coefficient (Wildman–Crippen LogP) is 3.01. The Labute approximate surface area is 125 Å². The number of amides is 1. The molecule has 0 spiro atoms. The fourth-order valence-electron chi connectivity index (χ4n) is 1.67. The van der Waals surface area contributed by atoms with Crippen LogP contribution in [0.4, 0.5) is 0 Å². The molecule has 0 aromatic carbocycles. The van der Waals surface area contributed by atoms with Crippen molar-refractivity contribution in [1.82, 2.24) is 10.3 Å². The largest absolute Gasteiger partial charge is 0.379 e. The average molecular weight is 297 g/mol. The van der Waals surface area contributed by atoms with E-state index in [1.54, 1.807) is 18.2 Å². The molecule has 0 saturated heterocycles. The number of hydrogen-bond acceptors (Lipinski definition) is 3. The van der Waals surface area contributed by atoms with Crippen LogP contribution in [0, 0.1) is 0 Å². The van der Waals surface area contributed by atoms with Crippen LogP contribution in [0.3, 0.4) is 0 Å². The standard InChI is InChI=1S/C15H21ClN2O2/c1-3-5-8-20-9-7-17-15(19)12-10-13(6-4-2)18-14(16)11-12/h3,10-11H,1,4-9H2,2H3,(H,17,19). The molecule has 0 unspecified atom stereocenters. The molecule has 1 heterocycles. The molecule has 4 nitrogen and oxygen atoms in total. The third kappa shape index (κ3) is 6.17. The molecule has 0 bridgehead atoms. The molecular formula is C15H21ClN2O2. The normalized spacial score (nSPS) is 10.3. The van der Waals surface area contributed by atoms with Crippen molar-refractivity contribution in [1.29, 1.82) is 0 Å². The first-order valence-corrected chi connectivity index (χ1v) is 7.18. The number of ether oxygens (including phenoxy) is 1. The number of carbonyl (C=O) groups excluding carboxylic acids is 1. The lowest BCUT2D eigenvalue weighted by Gasteiger charge is -2.07. The van der Waals surface area contributed by atoms with E-state index in [4.69, 9.17) is 16.3 Å². The van der Waals surface area contributed by atoms with Gasteiger partial charge in [0.15, 0.2) is 0 Å². The van der Waals surface area contributed by atoms with Gasteiger partial charge in [-0.3, -0.25) is 4.79 Å². The number of aryl methyl sites for hydroxylation is 1. The lowest BCUT2D eigenvalue weighted by atomic mass is 10.1. The van der Waals surface area contributed by atoms with Gasteiger partial charge in [-0.1, -0.05) is 31.0 Å². The molecule has 0 fully saturated rings. The van der Waals surface area contributed by atoms with Crippen molar-refractivity contribution < 1.29 is 9.53 Å². The van der Waals surface area contributed by atoms with Crippen LogP contribution in [0.25, 0.3) is 0 Å². The molecule has 110 valence electrons. The van der Waals surface area contributed by atoms with Gasteiger partial charge in [0.2, 0.25) is 0 Å². The third-order valence-corrected chi connectivity index (χ3v) is 2.81. The molecule has 1 aromatic heterocycles. The van der Waals surface area contributed by atoms with E-state index in [0.29, 0.717) is 30.5 Å². The fourth-order valence-corrected chi connectivity index (χ4v) is 1.90. The van der Waals surface area contributed by atoms with Gasteiger partial charge in [0, 0.05) is 17.8 Å². The molecule has 1 amide bonds. The van der Waals surface area contributed by atoms with Gasteiger partial charge in [-0.2, -0.15) is 0 Å². The predicted molar refractivity (Wildman–Crippen MR) is 81.2 cm³/mol. The van der Waals surface area contributed by atoms with E-state index in [-0.39, 0.29) is 5.91 Å². The molecule has 0 aliphatic carbocycles. The van der Waals surface area contributed by atoms with Crippen molar-refractivity contribution in [3.8, 4) is 0 Å². The monoisotopic (exact) mass is 296 g/mol. The maximum Gasteiger partial charge on any atom is 0.251 e. The summed E-state index contributed by atoms with van der Waals surface area (Å²) in [5.74, 6) is -0.154. The summed E-state index contributed by atoms with van der Waals surface area (Å²) in [6, 6.07) is 3.36. The summed E-state index contributed by atoms with van der Waals surface area (Å²) in [7, 11) is 0. The highest BCUT2D eigenvalue weighted by Crippen LogP contribution is 2.12. The minimum atomic E-state index is -0.154. The zero-order valence-electron chi connectivity index (χ0n) is 11.8. The zero-order valence-corrected chi connectivity index (χ0v) is 12.6. The maximum atomic E-state index is 12.0. The Morgan fingerprint density at radius 3 is 3.00 bits per heavy atom. The summed E-state index contributed by atoms with van der Waals surface area (Å²) in [4.78, 5) is 16.2. The second-order valence-corrected chi connectivity index (χ2v) is 4.75. The third-order valence-electron chi connectivity index (χ3n) is 2.61. The quantitative estimate of drug-likeness (QED) is 0.433. The van der Waals surface area contributed by atoms with Crippen molar-refractivity contribution >= 4 is 17.5 Å². The van der Waals surface area contributed by atoms with E-state index in [2.05, 4.69) is 23.8 Å². The number of carbonyl (C=O) groups is 1. The van der Waals surface area contributed by atoms with Crippen LogP contribution in [0.2, 0.25) is 5.15 Å². The van der Waals surface area contributed by atoms with E-state index in [0.717, 1.165) is 25.0 Å². The van der Waals surface area contributed by atoms with Gasteiger partial charge in [-0.05, 0) is 25.0 Å². The summed E-state index contributed by atoms with van der Waals surface area (Å²) in [5.41, 5.74) is 1.38. The van der Waals surface area contributed by atoms with Gasteiger partial charge in [0.1, 0.15) is 5.15 Å². The zero-order chi connectivity index (χ0) is 14.8. The molecule has 20 heavy (non-hydrogen) atoms. The smallest absolute Gasteiger partial charge is 0.251 e. The second kappa shape index (κ2) is 9.50. The van der Waals surface area contributed by atoms with E-state index < -0.39 is 0 Å². The first-order chi connectivity index (χ1) is 9.67. The van der Waals surface area contributed by atoms with Crippen LogP contribution in [0.15, 0.2) is 24.8 Å². The van der Waals surface area contributed by atoms with Gasteiger partial charge in [0.25, 0.3) is 5.91 Å². The number of aromatic nitrogens is 1. The van der Waals surface area contributed by atoms with Crippen molar-refractivity contribution in [2.24, 2.45) is 0 Å². The van der Waals surface area contributed by atoms with Gasteiger partial charge in [0.05, 0.1) is 13.2 Å². The van der Waals surface area contributed by atoms with E-state index in [1.165, 1.54) is 0 Å². The molecule has 0 aliphatic heterocycles. The van der Waals surface area contributed by atoms with Crippen LogP contribution in [0.1, 0.15) is 35.8 Å². The van der Waals surface area contributed by atoms with Crippen molar-refractivity contribution in [3.63, 3.8) is 0 Å². The van der Waals surface area contributed by atoms with E-state index in [1.807, 2.05) is 0 Å². The van der Waals surface area contributed by atoms with Gasteiger partial charge >= 0.3 is 0 Å². The Hall–Kier alpha value is -1.39. The molecule has 1 N–H and O–H groups in total. The molecule has 0 atom stereocenters. The average Bonchev–Trinajstić information content (AvgIpc) is 2.42. The Bertz CT molecular complexity index is 449. The fraction of sp³-hybridized carbons (Fsp3) is 0.467. The van der Waals surface area contributed by atoms with Crippen LogP contribution in [0.5, 0.6) is 0 Å². The van der Waals surface area contributed by atoms with E-state index in [9.17, 15) is 4.79 Å². The number of pyridine rings is 1. The highest BCUT2D eigenvalue weighted by Gasteiger charge is 2.08. The SMILES string of the molecule is C=CCCOCCNC(=O)c1cc(Cl)nc(CCC)c1. The number of hydrogen-bond donors (Lipinski definition) is 1. The summed E-state index contributed by atoms with van der Waals surface area (Å²) in [6.45, 7) is 7.25. The molecule has 1 aromatic rings. The highest BCUT2D eigenvalue weighted by molar-refractivity contribution is 6.29. The van der Waals surface area contributed by atoms with Crippen LogP contribution in [-0.4, -0.2) is 30.6 Å². The maximum absolute atomic E-state index is 12.0. The lowest BCUT2D eigenvalue weighted by Crippen LogP contribution is -2.27. The number of nitrogens with one attached hydrogen (secondary N) is 1. The minimum Gasteiger partial charge on any atom is -0.379 e. The lowest BCUT2D eigenvalue weighted by molar-refractivity contribution is 0.0917. The highest BCUT2D eigenvalue weighted by atomic mass is 35.5. The number of halogens is 1. The first-order valence-electron chi connectivity index (χ1n) is 6.80. The van der Waals surface area contributed by atoms with Gasteiger partial charge < -0.3 is 10.1 Å². The van der Waals surface area contributed by atoms with E-state index >= 15 is 0 Å². The Morgan fingerprint density at radius 1 is 1.50 bits per heavy atom. The molecular weight excluding hydrogens is 276 g/mol. The van der Waals surface area contributed by atoms with Crippen molar-refractivity contribution in [3.05, 3.63) is 41.2 Å². The summed E-state index contributed by atoms with van der Waals surface area (Å²) < 4.78 is 5.32. The molecule has 1 rings (SSSR count). The topological polar surface area (TPSA) is 51.2 Å². The Balaban J connectivity index is 2.44. The Kier molecular flexibility index (Phi) is 7.92. The van der Waals surface area contributed by atoms with Crippen molar-refractivity contribution in [2.45, 2.75) is 26.2 Å². The molecule has 0 saturated carbocycles. The molecule has 0 radical (unpaired) electrons. The Morgan fingerprint density at radius 2 is 2.30 bits per heavy atom. The number of nitrogens with zero attached hydrogens (tertiary/aromatic N) is 1. The van der Waals surface area contributed by atoms with Crippen LogP contribution < -0.4 is 5.32 Å². The van der Waals surface area contributed by atoms with Crippen LogP contribution >= 0.6 is 11.6 Å². The summed E-state index contributed by atoms with van der Waals surface area (Å²) in [6.07, 6.45) is 4.39. The summed E-state index contributed by atoms with van der Waals surface area (Å²) >= 11 is 5.92.